The molecule has 25 heavy (non-hydrogen) atoms. The summed E-state index contributed by atoms with van der Waals surface area (Å²) < 4.78 is 0.726. The van der Waals surface area contributed by atoms with Gasteiger partial charge in [-0.25, -0.2) is 9.97 Å². The molecule has 3 aromatic rings. The minimum absolute atomic E-state index is 0.00957. The molecule has 0 aliphatic carbocycles. The monoisotopic (exact) mass is 412 g/mol. The Labute approximate surface area is 163 Å². The van der Waals surface area contributed by atoms with E-state index < -0.39 is 0 Å². The molecule has 9 heteroatoms. The number of amides is 1. The first kappa shape index (κ1) is 18.4. The predicted molar refractivity (Wildman–Crippen MR) is 108 cm³/mol. The highest BCUT2D eigenvalue weighted by molar-refractivity contribution is 7.99. The summed E-state index contributed by atoms with van der Waals surface area (Å²) >= 11 is 10.3. The lowest BCUT2D eigenvalue weighted by atomic mass is 10.2. The Morgan fingerprint density at radius 3 is 2.76 bits per heavy atom. The van der Waals surface area contributed by atoms with Gasteiger partial charge in [0.2, 0.25) is 5.91 Å². The topological polar surface area (TPSA) is 72.1 Å². The third kappa shape index (κ3) is 4.08. The van der Waals surface area contributed by atoms with Crippen molar-refractivity contribution < 1.29 is 4.79 Å². The number of nitrogens with zero attached hydrogens (tertiary/aromatic N) is 3. The van der Waals surface area contributed by atoms with Gasteiger partial charge in [0, 0.05) is 16.8 Å². The Hall–Kier alpha value is -1.35. The number of fused-ring (bicyclic) bond motifs is 1. The van der Waals surface area contributed by atoms with Crippen LogP contribution in [0.5, 0.6) is 0 Å². The van der Waals surface area contributed by atoms with Crippen molar-refractivity contribution >= 4 is 68.0 Å². The fraction of sp³-hybridized carbons (Fsp3) is 0.312. The molecule has 0 aliphatic heterocycles. The molecule has 132 valence electrons. The number of aromatic nitrogens is 2. The van der Waals surface area contributed by atoms with Gasteiger partial charge in [0.05, 0.1) is 22.0 Å². The Morgan fingerprint density at radius 2 is 2.08 bits per heavy atom. The van der Waals surface area contributed by atoms with Gasteiger partial charge < -0.3 is 10.6 Å². The van der Waals surface area contributed by atoms with E-state index in [1.165, 1.54) is 28.0 Å². The fourth-order valence-corrected chi connectivity index (χ4v) is 5.35. The van der Waals surface area contributed by atoms with Gasteiger partial charge in [-0.15, -0.1) is 22.7 Å². The molecule has 0 fully saturated rings. The first-order valence-electron chi connectivity index (χ1n) is 7.49. The van der Waals surface area contributed by atoms with Crippen LogP contribution in [0.25, 0.3) is 10.2 Å². The van der Waals surface area contributed by atoms with Crippen molar-refractivity contribution in [1.82, 2.24) is 14.9 Å². The van der Waals surface area contributed by atoms with Crippen molar-refractivity contribution in [3.05, 3.63) is 31.8 Å². The Kier molecular flexibility index (Phi) is 5.52. The number of hydrogen-bond donors (Lipinski definition) is 1. The number of nitrogen functional groups attached to an aromatic ring is 1. The van der Waals surface area contributed by atoms with Crippen LogP contribution >= 0.6 is 46.0 Å². The summed E-state index contributed by atoms with van der Waals surface area (Å²) in [6.07, 6.45) is 0. The smallest absolute Gasteiger partial charge is 0.233 e. The lowest BCUT2D eigenvalue weighted by molar-refractivity contribution is -0.127. The van der Waals surface area contributed by atoms with Crippen LogP contribution in [0, 0.1) is 13.8 Å². The highest BCUT2D eigenvalue weighted by atomic mass is 35.5. The number of hydrogen-bond acceptors (Lipinski definition) is 7. The quantitative estimate of drug-likeness (QED) is 0.498. The van der Waals surface area contributed by atoms with Crippen LogP contribution in [0.1, 0.15) is 15.3 Å². The standard InChI is InChI=1S/C16H17ClN4OS3/c1-8-9(2)24-15-13(8)14(18)19-16(20-15)23-7-12(22)21(3)6-10-4-5-11(17)25-10/h4-5H,6-7H2,1-3H3,(H2,18,19,20). The molecule has 2 N–H and O–H groups in total. The second kappa shape index (κ2) is 7.49. The van der Waals surface area contributed by atoms with Crippen molar-refractivity contribution in [2.24, 2.45) is 0 Å². The van der Waals surface area contributed by atoms with Crippen LogP contribution in [-0.4, -0.2) is 33.6 Å². The molecule has 3 rings (SSSR count). The summed E-state index contributed by atoms with van der Waals surface area (Å²) in [4.78, 5) is 26.0. The number of halogens is 1. The zero-order valence-corrected chi connectivity index (χ0v) is 17.2. The van der Waals surface area contributed by atoms with E-state index in [0.29, 0.717) is 17.5 Å². The Bertz CT molecular complexity index is 937. The maximum Gasteiger partial charge on any atom is 0.233 e. The zero-order valence-electron chi connectivity index (χ0n) is 14.0. The van der Waals surface area contributed by atoms with Gasteiger partial charge >= 0.3 is 0 Å². The third-order valence-electron chi connectivity index (χ3n) is 3.81. The third-order valence-corrected chi connectivity index (χ3v) is 6.96. The Morgan fingerprint density at radius 1 is 1.32 bits per heavy atom. The first-order chi connectivity index (χ1) is 11.8. The van der Waals surface area contributed by atoms with Crippen LogP contribution in [0.4, 0.5) is 5.82 Å². The van der Waals surface area contributed by atoms with E-state index in [-0.39, 0.29) is 11.7 Å². The summed E-state index contributed by atoms with van der Waals surface area (Å²) in [6, 6.07) is 3.77. The molecule has 0 unspecified atom stereocenters. The van der Waals surface area contributed by atoms with Crippen molar-refractivity contribution in [2.75, 3.05) is 18.5 Å². The minimum atomic E-state index is 0.00957. The summed E-state index contributed by atoms with van der Waals surface area (Å²) in [5.74, 6) is 0.753. The van der Waals surface area contributed by atoms with Crippen LogP contribution in [0.15, 0.2) is 17.3 Å². The summed E-state index contributed by atoms with van der Waals surface area (Å²) in [6.45, 7) is 4.61. The van der Waals surface area contributed by atoms with Gasteiger partial charge in [0.15, 0.2) is 5.16 Å². The molecule has 0 saturated heterocycles. The van der Waals surface area contributed by atoms with Gasteiger partial charge in [-0.05, 0) is 31.5 Å². The predicted octanol–water partition coefficient (Wildman–Crippen LogP) is 4.36. The van der Waals surface area contributed by atoms with E-state index in [0.717, 1.165) is 25.0 Å². The molecule has 0 saturated carbocycles. The molecule has 1 amide bonds. The number of thiophene rings is 2. The van der Waals surface area contributed by atoms with Gasteiger partial charge in [0.25, 0.3) is 0 Å². The molecule has 0 aliphatic rings. The summed E-state index contributed by atoms with van der Waals surface area (Å²) in [5.41, 5.74) is 7.20. The van der Waals surface area contributed by atoms with E-state index in [4.69, 9.17) is 17.3 Å². The van der Waals surface area contributed by atoms with Gasteiger partial charge in [-0.1, -0.05) is 23.4 Å². The maximum atomic E-state index is 12.3. The number of nitrogens with two attached hydrogens (primary N) is 1. The van der Waals surface area contributed by atoms with E-state index in [9.17, 15) is 4.79 Å². The van der Waals surface area contributed by atoms with Crippen molar-refractivity contribution in [1.29, 1.82) is 0 Å². The van der Waals surface area contributed by atoms with Gasteiger partial charge in [0.1, 0.15) is 10.6 Å². The highest BCUT2D eigenvalue weighted by Crippen LogP contribution is 2.33. The number of carbonyl (C=O) groups excluding carboxylic acids is 1. The maximum absolute atomic E-state index is 12.3. The summed E-state index contributed by atoms with van der Waals surface area (Å²) in [7, 11) is 1.78. The number of carbonyl (C=O) groups is 1. The second-order valence-electron chi connectivity index (χ2n) is 5.60. The van der Waals surface area contributed by atoms with E-state index in [2.05, 4.69) is 9.97 Å². The van der Waals surface area contributed by atoms with Crippen LogP contribution < -0.4 is 5.73 Å². The van der Waals surface area contributed by atoms with Gasteiger partial charge in [-0.2, -0.15) is 0 Å². The molecule has 0 atom stereocenters. The van der Waals surface area contributed by atoms with Crippen LogP contribution in [0.2, 0.25) is 4.34 Å². The molecule has 0 bridgehead atoms. The lowest BCUT2D eigenvalue weighted by Gasteiger charge is -2.15. The van der Waals surface area contributed by atoms with E-state index >= 15 is 0 Å². The molecular weight excluding hydrogens is 396 g/mol. The first-order valence-corrected chi connectivity index (χ1v) is 10.5. The molecular formula is C16H17ClN4OS3. The van der Waals surface area contributed by atoms with Crippen LogP contribution in [0.3, 0.4) is 0 Å². The largest absolute Gasteiger partial charge is 0.383 e. The molecule has 0 spiro atoms. The normalized spacial score (nSPS) is 11.2. The molecule has 3 heterocycles. The molecule has 3 aromatic heterocycles. The second-order valence-corrected chi connectivity index (χ2v) is 9.54. The number of anilines is 1. The van der Waals surface area contributed by atoms with E-state index in [1.807, 2.05) is 26.0 Å². The number of rotatable bonds is 5. The SMILES string of the molecule is Cc1sc2nc(SCC(=O)N(C)Cc3ccc(Cl)s3)nc(N)c2c1C. The van der Waals surface area contributed by atoms with Crippen molar-refractivity contribution in [2.45, 2.75) is 25.5 Å². The average Bonchev–Trinajstić information content (AvgIpc) is 3.08. The minimum Gasteiger partial charge on any atom is -0.383 e. The summed E-state index contributed by atoms with van der Waals surface area (Å²) in [5, 5.41) is 1.46. The number of aryl methyl sites for hydroxylation is 2. The van der Waals surface area contributed by atoms with Crippen molar-refractivity contribution in [3.8, 4) is 0 Å². The Balaban J connectivity index is 1.66. The van der Waals surface area contributed by atoms with E-state index in [1.54, 1.807) is 23.3 Å². The van der Waals surface area contributed by atoms with Crippen LogP contribution in [-0.2, 0) is 11.3 Å². The highest BCUT2D eigenvalue weighted by Gasteiger charge is 2.15. The molecule has 5 nitrogen and oxygen atoms in total. The lowest BCUT2D eigenvalue weighted by Crippen LogP contribution is -2.27. The zero-order chi connectivity index (χ0) is 18.1. The van der Waals surface area contributed by atoms with Gasteiger partial charge in [-0.3, -0.25) is 4.79 Å². The molecule has 0 radical (unpaired) electrons. The molecule has 0 aromatic carbocycles. The average molecular weight is 413 g/mol. The fourth-order valence-electron chi connectivity index (χ4n) is 2.32. The van der Waals surface area contributed by atoms with Crippen molar-refractivity contribution in [3.63, 3.8) is 0 Å². The number of thioether (sulfide) groups is 1.